The molecular formula is C17H29BrN2S. The quantitative estimate of drug-likeness (QED) is 0.649. The molecule has 4 heteroatoms. The van der Waals surface area contributed by atoms with E-state index in [0.29, 0.717) is 12.1 Å². The largest absolute Gasteiger partial charge is 0.371 e. The Morgan fingerprint density at radius 3 is 2.57 bits per heavy atom. The summed E-state index contributed by atoms with van der Waals surface area (Å²) in [5, 5.41) is 3.55. The molecule has 0 amide bonds. The van der Waals surface area contributed by atoms with Gasteiger partial charge in [-0.15, -0.1) is 0 Å². The number of halogens is 1. The summed E-state index contributed by atoms with van der Waals surface area (Å²) in [4.78, 5) is 2.40. The second-order valence-corrected chi connectivity index (χ2v) is 7.27. The van der Waals surface area contributed by atoms with E-state index in [1.807, 2.05) is 11.8 Å². The Morgan fingerprint density at radius 1 is 1.33 bits per heavy atom. The van der Waals surface area contributed by atoms with Gasteiger partial charge >= 0.3 is 0 Å². The Labute approximate surface area is 143 Å². The van der Waals surface area contributed by atoms with E-state index in [1.165, 1.54) is 27.9 Å². The topological polar surface area (TPSA) is 15.3 Å². The highest BCUT2D eigenvalue weighted by Crippen LogP contribution is 2.29. The van der Waals surface area contributed by atoms with Crippen molar-refractivity contribution in [1.29, 1.82) is 0 Å². The van der Waals surface area contributed by atoms with E-state index in [1.54, 1.807) is 0 Å². The smallest absolute Gasteiger partial charge is 0.0377 e. The van der Waals surface area contributed by atoms with Crippen LogP contribution in [0.2, 0.25) is 0 Å². The molecule has 0 saturated heterocycles. The van der Waals surface area contributed by atoms with Gasteiger partial charge in [0.15, 0.2) is 0 Å². The Bertz CT molecular complexity index is 425. The molecule has 0 radical (unpaired) electrons. The van der Waals surface area contributed by atoms with Gasteiger partial charge in [0, 0.05) is 35.0 Å². The zero-order valence-electron chi connectivity index (χ0n) is 13.9. The number of hydrogen-bond donors (Lipinski definition) is 1. The SMILES string of the molecule is CCCNC(C)c1ccc(N(C)C(CC)CSC)cc1Br. The molecule has 2 nitrogen and oxygen atoms in total. The number of rotatable bonds is 9. The molecule has 0 aromatic heterocycles. The first kappa shape index (κ1) is 18.9. The van der Waals surface area contributed by atoms with Crippen molar-refractivity contribution < 1.29 is 0 Å². The van der Waals surface area contributed by atoms with Crippen molar-refractivity contribution in [3.05, 3.63) is 28.2 Å². The maximum atomic E-state index is 3.75. The van der Waals surface area contributed by atoms with E-state index in [0.717, 1.165) is 13.0 Å². The van der Waals surface area contributed by atoms with Crippen molar-refractivity contribution in [1.82, 2.24) is 5.32 Å². The highest BCUT2D eigenvalue weighted by molar-refractivity contribution is 9.10. The normalized spacial score (nSPS) is 14.0. The standard InChI is InChI=1S/C17H29BrN2S/c1-6-10-19-13(3)16-9-8-15(11-17(16)18)20(4)14(7-2)12-21-5/h8-9,11,13-14,19H,6-7,10,12H2,1-5H3. The molecule has 0 bridgehead atoms. The fourth-order valence-corrected chi connectivity index (χ4v) is 4.02. The van der Waals surface area contributed by atoms with E-state index in [4.69, 9.17) is 0 Å². The van der Waals surface area contributed by atoms with E-state index in [-0.39, 0.29) is 0 Å². The maximum absolute atomic E-state index is 3.75. The summed E-state index contributed by atoms with van der Waals surface area (Å²) in [6, 6.07) is 7.71. The molecule has 0 aliphatic rings. The van der Waals surface area contributed by atoms with Crippen LogP contribution >= 0.6 is 27.7 Å². The van der Waals surface area contributed by atoms with Crippen molar-refractivity contribution in [3.63, 3.8) is 0 Å². The number of nitrogens with one attached hydrogen (secondary N) is 1. The monoisotopic (exact) mass is 372 g/mol. The highest BCUT2D eigenvalue weighted by atomic mass is 79.9. The summed E-state index contributed by atoms with van der Waals surface area (Å²) in [5.74, 6) is 1.17. The van der Waals surface area contributed by atoms with Crippen molar-refractivity contribution >= 4 is 33.4 Å². The number of hydrogen-bond acceptors (Lipinski definition) is 3. The molecule has 1 aromatic rings. The lowest BCUT2D eigenvalue weighted by Gasteiger charge is -2.29. The minimum atomic E-state index is 0.381. The lowest BCUT2D eigenvalue weighted by molar-refractivity contribution is 0.569. The van der Waals surface area contributed by atoms with Crippen LogP contribution in [0.3, 0.4) is 0 Å². The third-order valence-corrected chi connectivity index (χ3v) is 5.34. The van der Waals surface area contributed by atoms with Crippen LogP contribution < -0.4 is 10.2 Å². The molecule has 21 heavy (non-hydrogen) atoms. The molecule has 0 aliphatic carbocycles. The van der Waals surface area contributed by atoms with Gasteiger partial charge in [0.2, 0.25) is 0 Å². The molecule has 1 rings (SSSR count). The van der Waals surface area contributed by atoms with E-state index >= 15 is 0 Å². The van der Waals surface area contributed by atoms with Gasteiger partial charge in [0.05, 0.1) is 0 Å². The minimum Gasteiger partial charge on any atom is -0.371 e. The summed E-state index contributed by atoms with van der Waals surface area (Å²) >= 11 is 5.66. The first-order valence-corrected chi connectivity index (χ1v) is 9.98. The molecule has 120 valence electrons. The van der Waals surface area contributed by atoms with Gasteiger partial charge in [-0.1, -0.05) is 35.8 Å². The van der Waals surface area contributed by atoms with Crippen molar-refractivity contribution in [2.45, 2.75) is 45.7 Å². The first-order chi connectivity index (χ1) is 10.0. The van der Waals surface area contributed by atoms with Gasteiger partial charge < -0.3 is 10.2 Å². The molecule has 0 saturated carbocycles. The second-order valence-electron chi connectivity index (χ2n) is 5.51. The summed E-state index contributed by atoms with van der Waals surface area (Å²) < 4.78 is 1.20. The van der Waals surface area contributed by atoms with Gasteiger partial charge in [0.1, 0.15) is 0 Å². The molecule has 0 aliphatic heterocycles. The van der Waals surface area contributed by atoms with Crippen molar-refractivity contribution in [2.24, 2.45) is 0 Å². The maximum Gasteiger partial charge on any atom is 0.0377 e. The van der Waals surface area contributed by atoms with Crippen LogP contribution in [-0.4, -0.2) is 31.6 Å². The van der Waals surface area contributed by atoms with Crippen molar-refractivity contribution in [2.75, 3.05) is 30.5 Å². The molecule has 1 aromatic carbocycles. The van der Waals surface area contributed by atoms with Crippen LogP contribution in [0.15, 0.2) is 22.7 Å². The summed E-state index contributed by atoms with van der Waals surface area (Å²) in [5.41, 5.74) is 2.62. The second kappa shape index (κ2) is 9.75. The average molecular weight is 373 g/mol. The molecule has 0 spiro atoms. The number of anilines is 1. The Balaban J connectivity index is 2.85. The van der Waals surface area contributed by atoms with Gasteiger partial charge in [-0.3, -0.25) is 0 Å². The first-order valence-electron chi connectivity index (χ1n) is 7.79. The Hall–Kier alpha value is -0.190. The highest BCUT2D eigenvalue weighted by Gasteiger charge is 2.15. The zero-order chi connectivity index (χ0) is 15.8. The molecule has 2 unspecified atom stereocenters. The third kappa shape index (κ3) is 5.50. The molecule has 0 fully saturated rings. The van der Waals surface area contributed by atoms with Crippen LogP contribution in [-0.2, 0) is 0 Å². The fourth-order valence-electron chi connectivity index (χ4n) is 2.46. The number of nitrogens with zero attached hydrogens (tertiary/aromatic N) is 1. The van der Waals surface area contributed by atoms with Crippen LogP contribution in [0.5, 0.6) is 0 Å². The average Bonchev–Trinajstić information content (AvgIpc) is 2.49. The minimum absolute atomic E-state index is 0.381. The van der Waals surface area contributed by atoms with E-state index in [2.05, 4.69) is 78.4 Å². The molecule has 2 atom stereocenters. The predicted molar refractivity (Wildman–Crippen MR) is 102 cm³/mol. The van der Waals surface area contributed by atoms with Gasteiger partial charge in [0.25, 0.3) is 0 Å². The van der Waals surface area contributed by atoms with Crippen molar-refractivity contribution in [3.8, 4) is 0 Å². The number of thioether (sulfide) groups is 1. The summed E-state index contributed by atoms with van der Waals surface area (Å²) in [7, 11) is 2.20. The Kier molecular flexibility index (Phi) is 8.76. The van der Waals surface area contributed by atoms with Crippen LogP contribution in [0.4, 0.5) is 5.69 Å². The molecule has 1 N–H and O–H groups in total. The summed E-state index contributed by atoms with van der Waals surface area (Å²) in [6.07, 6.45) is 4.51. The molecule has 0 heterocycles. The lowest BCUT2D eigenvalue weighted by atomic mass is 10.1. The van der Waals surface area contributed by atoms with Gasteiger partial charge in [-0.25, -0.2) is 0 Å². The molecular weight excluding hydrogens is 344 g/mol. The van der Waals surface area contributed by atoms with Crippen LogP contribution in [0.1, 0.15) is 45.2 Å². The van der Waals surface area contributed by atoms with Gasteiger partial charge in [-0.05, 0) is 50.3 Å². The lowest BCUT2D eigenvalue weighted by Crippen LogP contribution is -2.33. The van der Waals surface area contributed by atoms with Crippen LogP contribution in [0.25, 0.3) is 0 Å². The predicted octanol–water partition coefficient (Wildman–Crippen LogP) is 5.09. The third-order valence-electron chi connectivity index (χ3n) is 3.94. The van der Waals surface area contributed by atoms with Crippen LogP contribution in [0, 0.1) is 0 Å². The fraction of sp³-hybridized carbons (Fsp3) is 0.647. The number of benzene rings is 1. The van der Waals surface area contributed by atoms with E-state index < -0.39 is 0 Å². The van der Waals surface area contributed by atoms with E-state index in [9.17, 15) is 0 Å². The zero-order valence-corrected chi connectivity index (χ0v) is 16.4. The summed E-state index contributed by atoms with van der Waals surface area (Å²) in [6.45, 7) is 7.74. The Morgan fingerprint density at radius 2 is 2.05 bits per heavy atom. The van der Waals surface area contributed by atoms with Gasteiger partial charge in [-0.2, -0.15) is 11.8 Å².